The fourth-order valence-electron chi connectivity index (χ4n) is 3.36. The lowest BCUT2D eigenvalue weighted by Crippen LogP contribution is -2.53. The van der Waals surface area contributed by atoms with Gasteiger partial charge in [-0.15, -0.1) is 0 Å². The molecule has 1 N–H and O–H groups in total. The van der Waals surface area contributed by atoms with Gasteiger partial charge in [0.25, 0.3) is 0 Å². The summed E-state index contributed by atoms with van der Waals surface area (Å²) in [6.07, 6.45) is 0. The molecule has 0 spiro atoms. The Labute approximate surface area is 186 Å². The van der Waals surface area contributed by atoms with Gasteiger partial charge in [0, 0.05) is 30.7 Å². The van der Waals surface area contributed by atoms with Crippen LogP contribution in [0.1, 0.15) is 13.8 Å². The minimum Gasteiger partial charge on any atom is -0.492 e. The third-order valence-electron chi connectivity index (χ3n) is 5.08. The molecule has 0 saturated carbocycles. The summed E-state index contributed by atoms with van der Waals surface area (Å²) in [6.45, 7) is 5.87. The summed E-state index contributed by atoms with van der Waals surface area (Å²) < 4.78 is 33.5. The molecule has 1 aliphatic rings. The van der Waals surface area contributed by atoms with Gasteiger partial charge in [0.15, 0.2) is 0 Å². The monoisotopic (exact) mass is 495 g/mol. The predicted octanol–water partition coefficient (Wildman–Crippen LogP) is 3.18. The summed E-state index contributed by atoms with van der Waals surface area (Å²) in [5, 5.41) is 2.92. The standard InChI is InChI=1S/C21H26BrN3O4S/c1-3-29-20-10-5-4-9-19(20)23-21(26)16(2)24-11-13-25(14-12-24)30(27,28)18-8-6-7-17(22)15-18/h4-10,15-16H,3,11-14H2,1-2H3,(H,23,26). The maximum atomic E-state index is 12.9. The van der Waals surface area contributed by atoms with Crippen LogP contribution in [0.2, 0.25) is 0 Å². The number of nitrogens with zero attached hydrogens (tertiary/aromatic N) is 2. The van der Waals surface area contributed by atoms with Gasteiger partial charge in [-0.1, -0.05) is 34.1 Å². The molecule has 3 rings (SSSR count). The first-order chi connectivity index (χ1) is 14.3. The second-order valence-electron chi connectivity index (χ2n) is 6.99. The molecule has 30 heavy (non-hydrogen) atoms. The summed E-state index contributed by atoms with van der Waals surface area (Å²) >= 11 is 3.32. The number of anilines is 1. The number of carbonyl (C=O) groups is 1. The number of amides is 1. The molecule has 162 valence electrons. The molecule has 1 heterocycles. The Balaban J connectivity index is 1.61. The lowest BCUT2D eigenvalue weighted by Gasteiger charge is -2.36. The van der Waals surface area contributed by atoms with Crippen molar-refractivity contribution in [1.29, 1.82) is 0 Å². The van der Waals surface area contributed by atoms with E-state index in [-0.39, 0.29) is 10.8 Å². The summed E-state index contributed by atoms with van der Waals surface area (Å²) in [4.78, 5) is 15.0. The van der Waals surface area contributed by atoms with E-state index in [0.29, 0.717) is 44.2 Å². The molecule has 1 fully saturated rings. The highest BCUT2D eigenvalue weighted by atomic mass is 79.9. The van der Waals surface area contributed by atoms with Crippen LogP contribution in [0.5, 0.6) is 5.75 Å². The van der Waals surface area contributed by atoms with Crippen molar-refractivity contribution in [2.24, 2.45) is 0 Å². The van der Waals surface area contributed by atoms with Crippen molar-refractivity contribution in [1.82, 2.24) is 9.21 Å². The molecule has 1 aliphatic heterocycles. The number of carbonyl (C=O) groups excluding carboxylic acids is 1. The van der Waals surface area contributed by atoms with Gasteiger partial charge >= 0.3 is 0 Å². The zero-order valence-corrected chi connectivity index (χ0v) is 19.4. The fourth-order valence-corrected chi connectivity index (χ4v) is 5.38. The number of hydrogen-bond acceptors (Lipinski definition) is 5. The Morgan fingerprint density at radius 3 is 2.50 bits per heavy atom. The SMILES string of the molecule is CCOc1ccccc1NC(=O)C(C)N1CCN(S(=O)(=O)c2cccc(Br)c2)CC1. The quantitative estimate of drug-likeness (QED) is 0.637. The Bertz CT molecular complexity index is 991. The second kappa shape index (κ2) is 9.91. The van der Waals surface area contributed by atoms with E-state index in [0.717, 1.165) is 4.47 Å². The molecule has 0 aliphatic carbocycles. The number of nitrogens with one attached hydrogen (secondary N) is 1. The molecule has 1 atom stereocenters. The Morgan fingerprint density at radius 1 is 1.13 bits per heavy atom. The number of hydrogen-bond donors (Lipinski definition) is 1. The van der Waals surface area contributed by atoms with Gasteiger partial charge in [0.2, 0.25) is 15.9 Å². The number of benzene rings is 2. The highest BCUT2D eigenvalue weighted by Crippen LogP contribution is 2.25. The van der Waals surface area contributed by atoms with E-state index in [1.54, 1.807) is 30.3 Å². The van der Waals surface area contributed by atoms with Crippen molar-refractivity contribution < 1.29 is 17.9 Å². The normalized spacial score (nSPS) is 16.8. The first kappa shape index (κ1) is 22.7. The molecule has 0 aromatic heterocycles. The van der Waals surface area contributed by atoms with Gasteiger partial charge < -0.3 is 10.1 Å². The number of para-hydroxylation sites is 2. The van der Waals surface area contributed by atoms with Crippen molar-refractivity contribution in [2.75, 3.05) is 38.1 Å². The molecule has 1 unspecified atom stereocenters. The van der Waals surface area contributed by atoms with Crippen LogP contribution >= 0.6 is 15.9 Å². The summed E-state index contributed by atoms with van der Waals surface area (Å²) in [5.74, 6) is 0.482. The molecule has 0 radical (unpaired) electrons. The first-order valence-electron chi connectivity index (χ1n) is 9.85. The molecule has 2 aromatic rings. The Hall–Kier alpha value is -1.94. The van der Waals surface area contributed by atoms with Gasteiger partial charge in [0.1, 0.15) is 5.75 Å². The largest absolute Gasteiger partial charge is 0.492 e. The number of piperazine rings is 1. The van der Waals surface area contributed by atoms with Crippen LogP contribution in [0.3, 0.4) is 0 Å². The van der Waals surface area contributed by atoms with Crippen molar-refractivity contribution in [3.05, 3.63) is 53.0 Å². The van der Waals surface area contributed by atoms with Crippen molar-refractivity contribution in [3.63, 3.8) is 0 Å². The van der Waals surface area contributed by atoms with E-state index in [1.807, 2.05) is 36.9 Å². The van der Waals surface area contributed by atoms with Crippen LogP contribution in [0.4, 0.5) is 5.69 Å². The van der Waals surface area contributed by atoms with Crippen molar-refractivity contribution in [3.8, 4) is 5.75 Å². The number of rotatable bonds is 7. The maximum Gasteiger partial charge on any atom is 0.243 e. The molecular weight excluding hydrogens is 470 g/mol. The van der Waals surface area contributed by atoms with E-state index in [2.05, 4.69) is 21.2 Å². The Morgan fingerprint density at radius 2 is 1.83 bits per heavy atom. The molecular formula is C21H26BrN3O4S. The molecule has 9 heteroatoms. The fraction of sp³-hybridized carbons (Fsp3) is 0.381. The lowest BCUT2D eigenvalue weighted by atomic mass is 10.2. The third-order valence-corrected chi connectivity index (χ3v) is 7.47. The van der Waals surface area contributed by atoms with Gasteiger partial charge in [-0.3, -0.25) is 9.69 Å². The van der Waals surface area contributed by atoms with Crippen molar-refractivity contribution >= 4 is 37.5 Å². The smallest absolute Gasteiger partial charge is 0.243 e. The van der Waals surface area contributed by atoms with Crippen LogP contribution < -0.4 is 10.1 Å². The van der Waals surface area contributed by atoms with E-state index in [9.17, 15) is 13.2 Å². The van der Waals surface area contributed by atoms with Gasteiger partial charge in [-0.05, 0) is 44.2 Å². The molecule has 7 nitrogen and oxygen atoms in total. The molecule has 1 saturated heterocycles. The average molecular weight is 496 g/mol. The van der Waals surface area contributed by atoms with E-state index in [4.69, 9.17) is 4.74 Å². The van der Waals surface area contributed by atoms with Crippen molar-refractivity contribution in [2.45, 2.75) is 24.8 Å². The van der Waals surface area contributed by atoms with Gasteiger partial charge in [0.05, 0.1) is 23.2 Å². The minimum atomic E-state index is -3.55. The van der Waals surface area contributed by atoms with Gasteiger partial charge in [-0.2, -0.15) is 4.31 Å². The minimum absolute atomic E-state index is 0.148. The number of halogens is 1. The molecule has 2 aromatic carbocycles. The second-order valence-corrected chi connectivity index (χ2v) is 9.85. The van der Waals surface area contributed by atoms with Crippen LogP contribution in [0.25, 0.3) is 0 Å². The zero-order valence-electron chi connectivity index (χ0n) is 17.0. The maximum absolute atomic E-state index is 12.9. The topological polar surface area (TPSA) is 79.0 Å². The van der Waals surface area contributed by atoms with E-state index >= 15 is 0 Å². The predicted molar refractivity (Wildman–Crippen MR) is 120 cm³/mol. The lowest BCUT2D eigenvalue weighted by molar-refractivity contribution is -0.121. The van der Waals surface area contributed by atoms with Crippen LogP contribution in [0.15, 0.2) is 57.9 Å². The first-order valence-corrected chi connectivity index (χ1v) is 12.1. The zero-order chi connectivity index (χ0) is 21.7. The molecule has 1 amide bonds. The van der Waals surface area contributed by atoms with Crippen LogP contribution in [0, 0.1) is 0 Å². The highest BCUT2D eigenvalue weighted by molar-refractivity contribution is 9.10. The highest BCUT2D eigenvalue weighted by Gasteiger charge is 2.32. The third kappa shape index (κ3) is 5.21. The Kier molecular flexibility index (Phi) is 7.51. The molecule has 0 bridgehead atoms. The van der Waals surface area contributed by atoms with Gasteiger partial charge in [-0.25, -0.2) is 8.42 Å². The number of ether oxygens (including phenoxy) is 1. The van der Waals surface area contributed by atoms with E-state index < -0.39 is 16.1 Å². The summed E-state index contributed by atoms with van der Waals surface area (Å²) in [7, 11) is -3.55. The van der Waals surface area contributed by atoms with Crippen LogP contribution in [-0.4, -0.2) is 62.4 Å². The average Bonchev–Trinajstić information content (AvgIpc) is 2.75. The van der Waals surface area contributed by atoms with Crippen LogP contribution in [-0.2, 0) is 14.8 Å². The summed E-state index contributed by atoms with van der Waals surface area (Å²) in [5.41, 5.74) is 0.632. The van der Waals surface area contributed by atoms with E-state index in [1.165, 1.54) is 4.31 Å². The number of sulfonamides is 1. The summed E-state index contributed by atoms with van der Waals surface area (Å²) in [6, 6.07) is 13.6.